The minimum Gasteiger partial charge on any atom is -0.497 e. The molecular weight excluding hydrogens is 596 g/mol. The Hall–Kier alpha value is -3.75. The van der Waals surface area contributed by atoms with Crippen molar-refractivity contribution in [3.8, 4) is 11.5 Å². The highest BCUT2D eigenvalue weighted by Crippen LogP contribution is 2.28. The minimum absolute atomic E-state index is 0.0470. The van der Waals surface area contributed by atoms with Crippen molar-refractivity contribution in [1.82, 2.24) is 20.0 Å². The lowest BCUT2D eigenvalue weighted by atomic mass is 10.0. The van der Waals surface area contributed by atoms with Crippen LogP contribution in [0.2, 0.25) is 0 Å². The molecule has 46 heavy (non-hydrogen) atoms. The van der Waals surface area contributed by atoms with Crippen molar-refractivity contribution in [2.24, 2.45) is 0 Å². The molecule has 7 atom stereocenters. The number of nitrogens with zero attached hydrogens (tertiary/aromatic N) is 3. The molecule has 0 aromatic heterocycles. The predicted octanol–water partition coefficient (Wildman–Crippen LogP) is 0.0256. The Morgan fingerprint density at radius 1 is 0.957 bits per heavy atom. The summed E-state index contributed by atoms with van der Waals surface area (Å²) in [4.78, 5) is 46.5. The van der Waals surface area contributed by atoms with Gasteiger partial charge in [-0.3, -0.25) is 19.3 Å². The largest absolute Gasteiger partial charge is 0.497 e. The third-order valence-electron chi connectivity index (χ3n) is 9.32. The molecule has 0 saturated carbocycles. The van der Waals surface area contributed by atoms with Gasteiger partial charge in [-0.15, -0.1) is 0 Å². The van der Waals surface area contributed by atoms with E-state index in [2.05, 4.69) is 10.2 Å². The molecule has 2 aromatic carbocycles. The molecule has 3 N–H and O–H groups in total. The number of hydrogen-bond acceptors (Lipinski definition) is 10. The van der Waals surface area contributed by atoms with Crippen LogP contribution in [0.4, 0.5) is 0 Å². The van der Waals surface area contributed by atoms with E-state index in [1.165, 1.54) is 4.90 Å². The van der Waals surface area contributed by atoms with Crippen LogP contribution < -0.4 is 14.8 Å². The monoisotopic (exact) mass is 638 g/mol. The number of carbonyl (C=O) groups is 3. The van der Waals surface area contributed by atoms with Gasteiger partial charge in [0.05, 0.1) is 45.5 Å². The number of fused-ring (bicyclic) bond motifs is 6. The molecule has 2 aromatic rings. The normalized spacial score (nSPS) is 30.7. The number of nitrogens with one attached hydrogen (secondary N) is 1. The molecule has 0 radical (unpaired) electrons. The first kappa shape index (κ1) is 32.2. The molecule has 13 heteroatoms. The van der Waals surface area contributed by atoms with E-state index in [1.54, 1.807) is 43.4 Å². The highest BCUT2D eigenvalue weighted by Gasteiger charge is 2.46. The predicted molar refractivity (Wildman–Crippen MR) is 164 cm³/mol. The van der Waals surface area contributed by atoms with Gasteiger partial charge in [0.2, 0.25) is 11.8 Å². The van der Waals surface area contributed by atoms with Crippen LogP contribution in [0.5, 0.6) is 11.5 Å². The SMILES string of the molecule is COc1ccc(C(=O)N2C[C@@H]3CN(CCO3)C(=O)[C@@H]3C[C@@H](CN3Cc3cccc(OC)c3)NC(=O)C[C@@H]3O[C@H](C2)[C@@H](O)[C@H]3O)cc1. The van der Waals surface area contributed by atoms with Gasteiger partial charge in [-0.1, -0.05) is 12.1 Å². The van der Waals surface area contributed by atoms with E-state index >= 15 is 0 Å². The van der Waals surface area contributed by atoms with Gasteiger partial charge in [0.1, 0.15) is 29.8 Å². The fraction of sp³-hybridized carbons (Fsp3) is 0.545. The maximum absolute atomic E-state index is 14.1. The van der Waals surface area contributed by atoms with Gasteiger partial charge in [0.25, 0.3) is 5.91 Å². The van der Waals surface area contributed by atoms with Crippen LogP contribution in [0.15, 0.2) is 48.5 Å². The van der Waals surface area contributed by atoms with E-state index in [0.717, 1.165) is 11.3 Å². The summed E-state index contributed by atoms with van der Waals surface area (Å²) in [6, 6.07) is 13.6. The van der Waals surface area contributed by atoms with Gasteiger partial charge >= 0.3 is 0 Å². The second kappa shape index (κ2) is 13.9. The molecule has 4 saturated heterocycles. The van der Waals surface area contributed by atoms with Crippen LogP contribution in [0, 0.1) is 0 Å². The molecule has 4 aliphatic heterocycles. The second-order valence-electron chi connectivity index (χ2n) is 12.4. The quantitative estimate of drug-likeness (QED) is 0.409. The van der Waals surface area contributed by atoms with Crippen molar-refractivity contribution in [3.63, 3.8) is 0 Å². The maximum atomic E-state index is 14.1. The smallest absolute Gasteiger partial charge is 0.254 e. The lowest BCUT2D eigenvalue weighted by Crippen LogP contribution is -2.55. The summed E-state index contributed by atoms with van der Waals surface area (Å²) in [6.07, 6.45) is -4.76. The van der Waals surface area contributed by atoms with Crippen LogP contribution in [-0.4, -0.2) is 139 Å². The van der Waals surface area contributed by atoms with Gasteiger partial charge in [-0.05, 0) is 48.4 Å². The van der Waals surface area contributed by atoms with Crippen LogP contribution in [0.1, 0.15) is 28.8 Å². The number of methoxy groups -OCH3 is 2. The first-order valence-corrected chi connectivity index (χ1v) is 15.7. The molecular formula is C33H42N4O9. The van der Waals surface area contributed by atoms with Gasteiger partial charge in [-0.2, -0.15) is 0 Å². The topological polar surface area (TPSA) is 150 Å². The van der Waals surface area contributed by atoms with Gasteiger partial charge in [-0.25, -0.2) is 0 Å². The molecule has 3 amide bonds. The van der Waals surface area contributed by atoms with Gasteiger partial charge in [0.15, 0.2) is 0 Å². The lowest BCUT2D eigenvalue weighted by molar-refractivity contribution is -0.144. The molecule has 13 nitrogen and oxygen atoms in total. The summed E-state index contributed by atoms with van der Waals surface area (Å²) in [6.45, 7) is 1.99. The number of aliphatic hydroxyl groups excluding tert-OH is 2. The highest BCUT2D eigenvalue weighted by molar-refractivity contribution is 5.94. The van der Waals surface area contributed by atoms with Crippen molar-refractivity contribution >= 4 is 17.7 Å². The van der Waals surface area contributed by atoms with Crippen molar-refractivity contribution in [2.75, 3.05) is 53.6 Å². The molecule has 0 spiro atoms. The summed E-state index contributed by atoms with van der Waals surface area (Å²) in [5, 5.41) is 24.8. The van der Waals surface area contributed by atoms with Crippen LogP contribution in [0.25, 0.3) is 0 Å². The van der Waals surface area contributed by atoms with E-state index in [-0.39, 0.29) is 49.8 Å². The van der Waals surface area contributed by atoms with E-state index in [1.807, 2.05) is 24.3 Å². The molecule has 6 bridgehead atoms. The maximum Gasteiger partial charge on any atom is 0.254 e. The van der Waals surface area contributed by atoms with E-state index in [9.17, 15) is 24.6 Å². The Morgan fingerprint density at radius 2 is 1.72 bits per heavy atom. The summed E-state index contributed by atoms with van der Waals surface area (Å²) in [5.41, 5.74) is 1.37. The van der Waals surface area contributed by atoms with E-state index in [0.29, 0.717) is 44.0 Å². The minimum atomic E-state index is -1.31. The molecule has 0 aliphatic carbocycles. The fourth-order valence-corrected chi connectivity index (χ4v) is 6.92. The Labute approximate surface area is 267 Å². The molecule has 4 aliphatic rings. The first-order chi connectivity index (χ1) is 22.2. The standard InChI is InChI=1S/C33H42N4O9/c1-43-23-8-6-21(7-9-23)32(41)37-18-25-17-35(10-11-45-25)33(42)26-13-22(16-36(26)15-20-4-3-5-24(12-20)44-2)34-29(38)14-27-30(39)31(40)28(19-37)46-27/h3-9,12,22,25-28,30-31,39-40H,10-11,13-19H2,1-2H3,(H,34,38)/t22-,25-,26-,27-,28+,30-,31+/m0/s1. The molecule has 4 heterocycles. The number of benzene rings is 2. The third kappa shape index (κ3) is 6.98. The Kier molecular flexibility index (Phi) is 9.76. The number of rotatable bonds is 5. The average molecular weight is 639 g/mol. The molecule has 0 unspecified atom stereocenters. The number of aliphatic hydroxyl groups is 2. The zero-order chi connectivity index (χ0) is 32.4. The third-order valence-corrected chi connectivity index (χ3v) is 9.32. The summed E-state index contributed by atoms with van der Waals surface area (Å²) >= 11 is 0. The van der Waals surface area contributed by atoms with Crippen LogP contribution >= 0.6 is 0 Å². The Morgan fingerprint density at radius 3 is 2.48 bits per heavy atom. The van der Waals surface area contributed by atoms with Crippen molar-refractivity contribution in [3.05, 3.63) is 59.7 Å². The Balaban J connectivity index is 1.28. The fourth-order valence-electron chi connectivity index (χ4n) is 6.92. The Bertz CT molecular complexity index is 1410. The van der Waals surface area contributed by atoms with Crippen molar-refractivity contribution < 1.29 is 43.5 Å². The van der Waals surface area contributed by atoms with Crippen LogP contribution in [-0.2, 0) is 25.6 Å². The van der Waals surface area contributed by atoms with Crippen molar-refractivity contribution in [1.29, 1.82) is 0 Å². The zero-order valence-corrected chi connectivity index (χ0v) is 26.1. The first-order valence-electron chi connectivity index (χ1n) is 15.7. The number of hydrogen-bond donors (Lipinski definition) is 3. The summed E-state index contributed by atoms with van der Waals surface area (Å²) in [7, 11) is 3.15. The molecule has 248 valence electrons. The number of likely N-dealkylation sites (tertiary alicyclic amines) is 1. The zero-order valence-electron chi connectivity index (χ0n) is 26.1. The number of ether oxygens (including phenoxy) is 4. The van der Waals surface area contributed by atoms with Gasteiger partial charge in [0, 0.05) is 50.9 Å². The van der Waals surface area contributed by atoms with E-state index in [4.69, 9.17) is 18.9 Å². The summed E-state index contributed by atoms with van der Waals surface area (Å²) in [5.74, 6) is 0.590. The molecule has 4 fully saturated rings. The lowest BCUT2D eigenvalue weighted by Gasteiger charge is -2.38. The van der Waals surface area contributed by atoms with Crippen LogP contribution in [0.3, 0.4) is 0 Å². The highest BCUT2D eigenvalue weighted by atomic mass is 16.5. The average Bonchev–Trinajstić information content (AvgIpc) is 3.58. The second-order valence-corrected chi connectivity index (χ2v) is 12.4. The van der Waals surface area contributed by atoms with Gasteiger partial charge < -0.3 is 44.3 Å². The number of morpholine rings is 1. The summed E-state index contributed by atoms with van der Waals surface area (Å²) < 4.78 is 22.7. The molecule has 6 rings (SSSR count). The van der Waals surface area contributed by atoms with Crippen molar-refractivity contribution in [2.45, 2.75) is 62.0 Å². The van der Waals surface area contributed by atoms with E-state index < -0.39 is 36.6 Å². The number of amides is 3. The number of carbonyl (C=O) groups excluding carboxylic acids is 3.